The maximum Gasteiger partial charge on any atom is 0.337 e. The molecule has 2 aromatic rings. The lowest BCUT2D eigenvalue weighted by Gasteiger charge is -2.18. The summed E-state index contributed by atoms with van der Waals surface area (Å²) in [7, 11) is 1.86. The van der Waals surface area contributed by atoms with Crippen molar-refractivity contribution in [2.75, 3.05) is 11.9 Å². The van der Waals surface area contributed by atoms with Crippen LogP contribution in [0.4, 0.5) is 10.5 Å². The summed E-state index contributed by atoms with van der Waals surface area (Å²) in [4.78, 5) is 22.6. The molecule has 21 heavy (non-hydrogen) atoms. The topological polar surface area (TPSA) is 104 Å². The average molecular weight is 291 g/mol. The Labute approximate surface area is 121 Å². The lowest BCUT2D eigenvalue weighted by atomic mass is 10.1. The molecule has 0 saturated heterocycles. The smallest absolute Gasteiger partial charge is 0.337 e. The van der Waals surface area contributed by atoms with Crippen molar-refractivity contribution in [2.45, 2.75) is 12.5 Å². The van der Waals surface area contributed by atoms with Crippen LogP contribution in [0, 0.1) is 0 Å². The van der Waals surface area contributed by atoms with Gasteiger partial charge in [-0.05, 0) is 19.1 Å². The first kappa shape index (κ1) is 14.9. The molecule has 1 aromatic carbocycles. The van der Waals surface area contributed by atoms with Crippen LogP contribution in [0.2, 0.25) is 0 Å². The van der Waals surface area contributed by atoms with Crippen LogP contribution in [-0.4, -0.2) is 38.9 Å². The second kappa shape index (κ2) is 5.45. The number of carboxylic acids is 1. The minimum atomic E-state index is -2.01. The second-order valence-electron chi connectivity index (χ2n) is 5.06. The summed E-state index contributed by atoms with van der Waals surface area (Å²) in [5.41, 5.74) is -0.543. The maximum absolute atomic E-state index is 11.8. The fourth-order valence-corrected chi connectivity index (χ4v) is 1.95. The number of rotatable bonds is 4. The number of carbonyl (C=O) groups is 2. The van der Waals surface area contributed by atoms with Crippen LogP contribution < -0.4 is 10.6 Å². The van der Waals surface area contributed by atoms with Crippen molar-refractivity contribution in [3.63, 3.8) is 0 Å². The van der Waals surface area contributed by atoms with Gasteiger partial charge < -0.3 is 25.4 Å². The van der Waals surface area contributed by atoms with Gasteiger partial charge in [-0.15, -0.1) is 0 Å². The highest BCUT2D eigenvalue weighted by molar-refractivity contribution is 6.00. The highest BCUT2D eigenvalue weighted by Gasteiger charge is 2.30. The van der Waals surface area contributed by atoms with Gasteiger partial charge in [-0.25, -0.2) is 9.59 Å². The van der Waals surface area contributed by atoms with Gasteiger partial charge in [-0.1, -0.05) is 12.1 Å². The zero-order valence-corrected chi connectivity index (χ0v) is 11.8. The molecular formula is C14H17N3O4. The average Bonchev–Trinajstić information content (AvgIpc) is 2.79. The van der Waals surface area contributed by atoms with Gasteiger partial charge in [0.25, 0.3) is 0 Å². The van der Waals surface area contributed by atoms with Crippen molar-refractivity contribution < 1.29 is 19.8 Å². The maximum atomic E-state index is 11.8. The van der Waals surface area contributed by atoms with Gasteiger partial charge in [0.15, 0.2) is 5.60 Å². The van der Waals surface area contributed by atoms with Crippen molar-refractivity contribution in [3.05, 3.63) is 30.5 Å². The summed E-state index contributed by atoms with van der Waals surface area (Å²) in [5, 5.41) is 24.3. The fourth-order valence-electron chi connectivity index (χ4n) is 1.95. The zero-order chi connectivity index (χ0) is 15.6. The van der Waals surface area contributed by atoms with E-state index in [1.807, 2.05) is 36.0 Å². The molecule has 0 aliphatic carbocycles. The van der Waals surface area contributed by atoms with Gasteiger partial charge in [0.05, 0.1) is 17.7 Å². The van der Waals surface area contributed by atoms with Gasteiger partial charge in [-0.2, -0.15) is 0 Å². The Morgan fingerprint density at radius 3 is 2.71 bits per heavy atom. The molecular weight excluding hydrogens is 274 g/mol. The van der Waals surface area contributed by atoms with Gasteiger partial charge >= 0.3 is 12.0 Å². The molecule has 0 saturated carbocycles. The van der Waals surface area contributed by atoms with Crippen molar-refractivity contribution in [2.24, 2.45) is 7.05 Å². The van der Waals surface area contributed by atoms with Crippen LogP contribution >= 0.6 is 0 Å². The Balaban J connectivity index is 2.09. The van der Waals surface area contributed by atoms with E-state index in [-0.39, 0.29) is 0 Å². The SMILES string of the molecule is Cn1ccc2cccc(NC(=O)NCC(C)(O)C(=O)O)c21. The lowest BCUT2D eigenvalue weighted by Crippen LogP contribution is -2.47. The Kier molecular flexibility index (Phi) is 3.86. The molecule has 0 aliphatic heterocycles. The number of aryl methyl sites for hydroxylation is 1. The molecule has 7 heteroatoms. The molecule has 2 amide bonds. The van der Waals surface area contributed by atoms with E-state index in [1.165, 1.54) is 0 Å². The third kappa shape index (κ3) is 3.14. The number of aliphatic hydroxyl groups is 1. The van der Waals surface area contributed by atoms with Gasteiger partial charge in [0.1, 0.15) is 0 Å². The van der Waals surface area contributed by atoms with E-state index in [0.29, 0.717) is 5.69 Å². The predicted octanol–water partition coefficient (Wildman–Crippen LogP) is 1.14. The highest BCUT2D eigenvalue weighted by Crippen LogP contribution is 2.23. The van der Waals surface area contributed by atoms with Crippen LogP contribution in [-0.2, 0) is 11.8 Å². The Bertz CT molecular complexity index is 691. The van der Waals surface area contributed by atoms with E-state index < -0.39 is 24.1 Å². The number of nitrogens with one attached hydrogen (secondary N) is 2. The third-order valence-corrected chi connectivity index (χ3v) is 3.20. The van der Waals surface area contributed by atoms with Gasteiger partial charge in [0.2, 0.25) is 0 Å². The number of carboxylic acid groups (broad SMARTS) is 1. The molecule has 1 heterocycles. The highest BCUT2D eigenvalue weighted by atomic mass is 16.4. The van der Waals surface area contributed by atoms with Crippen LogP contribution in [0.1, 0.15) is 6.92 Å². The first-order valence-electron chi connectivity index (χ1n) is 6.36. The molecule has 1 atom stereocenters. The molecule has 0 bridgehead atoms. The quantitative estimate of drug-likeness (QED) is 0.678. The molecule has 0 radical (unpaired) electrons. The molecule has 7 nitrogen and oxygen atoms in total. The Morgan fingerprint density at radius 2 is 2.05 bits per heavy atom. The van der Waals surface area contributed by atoms with E-state index in [4.69, 9.17) is 5.11 Å². The van der Waals surface area contributed by atoms with Crippen LogP contribution in [0.15, 0.2) is 30.5 Å². The third-order valence-electron chi connectivity index (χ3n) is 3.20. The number of para-hydroxylation sites is 1. The standard InChI is InChI=1S/C14H17N3O4/c1-14(21,12(18)19)8-15-13(20)16-10-5-3-4-9-6-7-17(2)11(9)10/h3-7,21H,8H2,1-2H3,(H,18,19)(H2,15,16,20). The predicted molar refractivity (Wildman–Crippen MR) is 78.2 cm³/mol. The molecule has 1 unspecified atom stereocenters. The van der Waals surface area contributed by atoms with E-state index in [9.17, 15) is 14.7 Å². The van der Waals surface area contributed by atoms with Crippen LogP contribution in [0.25, 0.3) is 10.9 Å². The van der Waals surface area contributed by atoms with Crippen LogP contribution in [0.5, 0.6) is 0 Å². The number of aromatic nitrogens is 1. The summed E-state index contributed by atoms with van der Waals surface area (Å²) in [5.74, 6) is -1.40. The van der Waals surface area contributed by atoms with E-state index in [0.717, 1.165) is 17.8 Å². The van der Waals surface area contributed by atoms with Crippen LogP contribution in [0.3, 0.4) is 0 Å². The van der Waals surface area contributed by atoms with E-state index in [1.54, 1.807) is 6.07 Å². The molecule has 4 N–H and O–H groups in total. The molecule has 0 spiro atoms. The lowest BCUT2D eigenvalue weighted by molar-refractivity contribution is -0.155. The first-order chi connectivity index (χ1) is 9.81. The van der Waals surface area contributed by atoms with Crippen molar-refractivity contribution >= 4 is 28.6 Å². The number of hydrogen-bond acceptors (Lipinski definition) is 3. The molecule has 0 fully saturated rings. The fraction of sp³-hybridized carbons (Fsp3) is 0.286. The van der Waals surface area contributed by atoms with Gasteiger partial charge in [0, 0.05) is 18.6 Å². The minimum Gasteiger partial charge on any atom is -0.479 e. The second-order valence-corrected chi connectivity index (χ2v) is 5.06. The number of carbonyl (C=O) groups excluding carboxylic acids is 1. The zero-order valence-electron chi connectivity index (χ0n) is 11.8. The van der Waals surface area contributed by atoms with Crippen molar-refractivity contribution in [3.8, 4) is 0 Å². The Hall–Kier alpha value is -2.54. The molecule has 2 rings (SSSR count). The number of urea groups is 1. The summed E-state index contributed by atoms with van der Waals surface area (Å²) < 4.78 is 1.87. The van der Waals surface area contributed by atoms with E-state index in [2.05, 4.69) is 10.6 Å². The summed E-state index contributed by atoms with van der Waals surface area (Å²) >= 11 is 0. The number of benzene rings is 1. The normalized spacial score (nSPS) is 13.7. The van der Waals surface area contributed by atoms with Crippen molar-refractivity contribution in [1.82, 2.24) is 9.88 Å². The molecule has 1 aromatic heterocycles. The summed E-state index contributed by atoms with van der Waals surface area (Å²) in [6, 6.07) is 6.83. The van der Waals surface area contributed by atoms with Crippen molar-refractivity contribution in [1.29, 1.82) is 0 Å². The first-order valence-corrected chi connectivity index (χ1v) is 6.36. The van der Waals surface area contributed by atoms with Gasteiger partial charge in [-0.3, -0.25) is 0 Å². The number of anilines is 1. The summed E-state index contributed by atoms with van der Waals surface area (Å²) in [6.07, 6.45) is 1.88. The number of fused-ring (bicyclic) bond motifs is 1. The summed E-state index contributed by atoms with van der Waals surface area (Å²) in [6.45, 7) is 0.727. The number of hydrogen-bond donors (Lipinski definition) is 4. The van der Waals surface area contributed by atoms with E-state index >= 15 is 0 Å². The minimum absolute atomic E-state index is 0.392. The largest absolute Gasteiger partial charge is 0.479 e. The number of amides is 2. The number of aliphatic carboxylic acids is 1. The molecule has 112 valence electrons. The number of nitrogens with zero attached hydrogens (tertiary/aromatic N) is 1. The molecule has 0 aliphatic rings. The Morgan fingerprint density at radius 1 is 1.33 bits per heavy atom. The monoisotopic (exact) mass is 291 g/mol.